The number of ether oxygens (including phenoxy) is 1. The van der Waals surface area contributed by atoms with Crippen LogP contribution in [0, 0.1) is 0 Å². The van der Waals surface area contributed by atoms with Gasteiger partial charge in [0.05, 0.1) is 11.1 Å². The van der Waals surface area contributed by atoms with Crippen LogP contribution in [0.3, 0.4) is 0 Å². The lowest BCUT2D eigenvalue weighted by molar-refractivity contribution is -0.144. The van der Waals surface area contributed by atoms with Crippen molar-refractivity contribution in [2.24, 2.45) is 0 Å². The number of benzene rings is 1. The number of halogens is 3. The minimum atomic E-state index is -4.52. The van der Waals surface area contributed by atoms with E-state index in [9.17, 15) is 22.8 Å². The largest absolute Gasteiger partial charge is 0.444 e. The lowest BCUT2D eigenvalue weighted by atomic mass is 10.1. The monoisotopic (exact) mass is 285 g/mol. The number of hydrogen-bond acceptors (Lipinski definition) is 3. The molecule has 0 aliphatic heterocycles. The van der Waals surface area contributed by atoms with Gasteiger partial charge in [-0.25, -0.2) is 0 Å². The summed E-state index contributed by atoms with van der Waals surface area (Å²) in [5.41, 5.74) is -1.32. The number of pyridine rings is 1. The van der Waals surface area contributed by atoms with Crippen molar-refractivity contribution in [3.05, 3.63) is 46.2 Å². The van der Waals surface area contributed by atoms with E-state index in [1.165, 1.54) is 12.1 Å². The van der Waals surface area contributed by atoms with Gasteiger partial charge in [-0.3, -0.25) is 14.2 Å². The second kappa shape index (κ2) is 4.99. The lowest BCUT2D eigenvalue weighted by Crippen LogP contribution is -2.22. The molecule has 0 saturated carbocycles. The number of carbonyl (C=O) groups excluding carboxylic acids is 1. The van der Waals surface area contributed by atoms with Gasteiger partial charge in [0.1, 0.15) is 0 Å². The van der Waals surface area contributed by atoms with E-state index in [2.05, 4.69) is 4.74 Å². The molecule has 2 aromatic rings. The normalized spacial score (nSPS) is 11.6. The zero-order chi connectivity index (χ0) is 14.9. The quantitative estimate of drug-likeness (QED) is 0.797. The fourth-order valence-electron chi connectivity index (χ4n) is 1.86. The minimum absolute atomic E-state index is 0.0635. The molecule has 2 rings (SSSR count). The number of fused-ring (bicyclic) bond motifs is 1. The van der Waals surface area contributed by atoms with Crippen molar-refractivity contribution >= 4 is 16.9 Å². The molecule has 7 heteroatoms. The second-order valence-corrected chi connectivity index (χ2v) is 4.10. The first-order valence-corrected chi connectivity index (χ1v) is 5.64. The average Bonchev–Trinajstić information content (AvgIpc) is 2.35. The number of carbonyl (C=O) groups is 1. The Kier molecular flexibility index (Phi) is 3.52. The van der Waals surface area contributed by atoms with Gasteiger partial charge in [-0.15, -0.1) is 0 Å². The first-order chi connectivity index (χ1) is 9.30. The molecule has 0 aliphatic carbocycles. The second-order valence-electron chi connectivity index (χ2n) is 4.10. The third kappa shape index (κ3) is 2.66. The molecule has 0 amide bonds. The summed E-state index contributed by atoms with van der Waals surface area (Å²) in [7, 11) is 0. The summed E-state index contributed by atoms with van der Waals surface area (Å²) >= 11 is 0. The number of nitrogens with zero attached hydrogens (tertiary/aromatic N) is 1. The molecule has 1 aromatic carbocycles. The summed E-state index contributed by atoms with van der Waals surface area (Å²) in [6.45, 7) is 0.726. The molecule has 0 bridgehead atoms. The number of esters is 1. The zero-order valence-electron chi connectivity index (χ0n) is 10.4. The molecule has 106 valence electrons. The van der Waals surface area contributed by atoms with Crippen molar-refractivity contribution < 1.29 is 22.7 Å². The Bertz CT molecular complexity index is 719. The number of rotatable bonds is 2. The molecule has 0 radical (unpaired) electrons. The van der Waals surface area contributed by atoms with Gasteiger partial charge < -0.3 is 4.74 Å². The van der Waals surface area contributed by atoms with E-state index in [-0.39, 0.29) is 10.9 Å². The third-order valence-electron chi connectivity index (χ3n) is 2.73. The van der Waals surface area contributed by atoms with Crippen molar-refractivity contribution in [2.75, 3.05) is 0 Å². The summed E-state index contributed by atoms with van der Waals surface area (Å²) in [6, 6.07) is 5.64. The summed E-state index contributed by atoms with van der Waals surface area (Å²) < 4.78 is 44.3. The van der Waals surface area contributed by atoms with Gasteiger partial charge in [-0.1, -0.05) is 6.07 Å². The Labute approximate surface area is 111 Å². The maximum absolute atomic E-state index is 12.9. The maximum Gasteiger partial charge on any atom is 0.417 e. The van der Waals surface area contributed by atoms with Gasteiger partial charge in [0.15, 0.2) is 6.73 Å². The predicted molar refractivity (Wildman–Crippen MR) is 65.0 cm³/mol. The zero-order valence-corrected chi connectivity index (χ0v) is 10.4. The van der Waals surface area contributed by atoms with Crippen LogP contribution in [0.5, 0.6) is 0 Å². The highest BCUT2D eigenvalue weighted by atomic mass is 19.4. The number of aromatic nitrogens is 1. The van der Waals surface area contributed by atoms with E-state index in [0.29, 0.717) is 0 Å². The average molecular weight is 285 g/mol. The molecular weight excluding hydrogens is 275 g/mol. The van der Waals surface area contributed by atoms with Crippen molar-refractivity contribution in [1.29, 1.82) is 0 Å². The van der Waals surface area contributed by atoms with Crippen LogP contribution in [0.25, 0.3) is 10.9 Å². The molecule has 0 N–H and O–H groups in total. The maximum atomic E-state index is 12.9. The molecular formula is C13H10F3NO3. The smallest absolute Gasteiger partial charge is 0.417 e. The van der Waals surface area contributed by atoms with Crippen molar-refractivity contribution in [2.45, 2.75) is 19.8 Å². The van der Waals surface area contributed by atoms with E-state index in [1.807, 2.05) is 0 Å². The summed E-state index contributed by atoms with van der Waals surface area (Å²) in [6.07, 6.45) is -4.52. The van der Waals surface area contributed by atoms with Crippen LogP contribution in [-0.2, 0) is 22.4 Å². The summed E-state index contributed by atoms with van der Waals surface area (Å²) in [5, 5.41) is -0.119. The number of alkyl halides is 3. The van der Waals surface area contributed by atoms with Gasteiger partial charge >= 0.3 is 12.1 Å². The summed E-state index contributed by atoms with van der Waals surface area (Å²) in [4.78, 5) is 22.5. The fourth-order valence-corrected chi connectivity index (χ4v) is 1.86. The standard InChI is InChI=1S/C13H10F3NO3/c1-8(18)20-7-17-11-4-2-3-10(13(14,15)16)9(11)5-6-12(17)19/h2-6H,7H2,1H3. The van der Waals surface area contributed by atoms with Gasteiger partial charge in [0.2, 0.25) is 0 Å². The molecule has 4 nitrogen and oxygen atoms in total. The highest BCUT2D eigenvalue weighted by Gasteiger charge is 2.32. The van der Waals surface area contributed by atoms with E-state index in [1.54, 1.807) is 0 Å². The Morgan fingerprint density at radius 2 is 1.95 bits per heavy atom. The molecule has 0 spiro atoms. The van der Waals surface area contributed by atoms with Crippen LogP contribution >= 0.6 is 0 Å². The Morgan fingerprint density at radius 1 is 1.25 bits per heavy atom. The molecule has 0 unspecified atom stereocenters. The molecule has 0 atom stereocenters. The van der Waals surface area contributed by atoms with Crippen molar-refractivity contribution in [3.8, 4) is 0 Å². The fraction of sp³-hybridized carbons (Fsp3) is 0.231. The lowest BCUT2D eigenvalue weighted by Gasteiger charge is -2.14. The first-order valence-electron chi connectivity index (χ1n) is 5.64. The van der Waals surface area contributed by atoms with Gasteiger partial charge in [0, 0.05) is 18.4 Å². The van der Waals surface area contributed by atoms with Crippen molar-refractivity contribution in [1.82, 2.24) is 4.57 Å². The van der Waals surface area contributed by atoms with Crippen LogP contribution < -0.4 is 5.56 Å². The molecule has 1 aromatic heterocycles. The van der Waals surface area contributed by atoms with Gasteiger partial charge in [0.25, 0.3) is 5.56 Å². The molecule has 0 saturated heterocycles. The Balaban J connectivity index is 2.67. The van der Waals surface area contributed by atoms with Crippen LogP contribution in [0.15, 0.2) is 35.1 Å². The van der Waals surface area contributed by atoms with E-state index < -0.39 is 30.0 Å². The van der Waals surface area contributed by atoms with Gasteiger partial charge in [-0.2, -0.15) is 13.2 Å². The van der Waals surface area contributed by atoms with Crippen LogP contribution in [0.4, 0.5) is 13.2 Å². The topological polar surface area (TPSA) is 48.3 Å². The van der Waals surface area contributed by atoms with Crippen LogP contribution in [0.2, 0.25) is 0 Å². The highest BCUT2D eigenvalue weighted by molar-refractivity contribution is 5.83. The Hall–Kier alpha value is -2.31. The van der Waals surface area contributed by atoms with E-state index in [0.717, 1.165) is 29.7 Å². The third-order valence-corrected chi connectivity index (χ3v) is 2.73. The minimum Gasteiger partial charge on any atom is -0.444 e. The SMILES string of the molecule is CC(=O)OCn1c(=O)ccc2c(C(F)(F)F)cccc21. The van der Waals surface area contributed by atoms with Crippen LogP contribution in [0.1, 0.15) is 12.5 Å². The first kappa shape index (κ1) is 14.1. The number of hydrogen-bond donors (Lipinski definition) is 0. The summed E-state index contributed by atoms with van der Waals surface area (Å²) in [5.74, 6) is -0.624. The molecule has 1 heterocycles. The van der Waals surface area contributed by atoms with E-state index in [4.69, 9.17) is 0 Å². The van der Waals surface area contributed by atoms with Crippen LogP contribution in [-0.4, -0.2) is 10.5 Å². The highest BCUT2D eigenvalue weighted by Crippen LogP contribution is 2.34. The predicted octanol–water partition coefficient (Wildman–Crippen LogP) is 2.54. The van der Waals surface area contributed by atoms with E-state index >= 15 is 0 Å². The molecule has 20 heavy (non-hydrogen) atoms. The Morgan fingerprint density at radius 3 is 2.55 bits per heavy atom. The van der Waals surface area contributed by atoms with Crippen molar-refractivity contribution in [3.63, 3.8) is 0 Å². The molecule has 0 aliphatic rings. The van der Waals surface area contributed by atoms with Gasteiger partial charge in [-0.05, 0) is 18.2 Å². The molecule has 0 fully saturated rings.